The molecule has 1 aromatic rings. The quantitative estimate of drug-likeness (QED) is 0.614. The second kappa shape index (κ2) is 5.62. The van der Waals surface area contributed by atoms with Crippen molar-refractivity contribution in [2.75, 3.05) is 12.0 Å². The summed E-state index contributed by atoms with van der Waals surface area (Å²) in [4.78, 5) is 0. The number of benzene rings is 1. The van der Waals surface area contributed by atoms with Crippen molar-refractivity contribution in [3.05, 3.63) is 34.9 Å². The zero-order valence-electron chi connectivity index (χ0n) is 10.5. The Hall–Kier alpha value is -0.910. The van der Waals surface area contributed by atoms with Crippen molar-refractivity contribution in [2.45, 2.75) is 26.3 Å². The molecule has 1 unspecified atom stereocenters. The van der Waals surface area contributed by atoms with Crippen LogP contribution in [0.5, 0.6) is 0 Å². The molecule has 0 spiro atoms. The van der Waals surface area contributed by atoms with Crippen LogP contribution in [0.1, 0.15) is 29.2 Å². The summed E-state index contributed by atoms with van der Waals surface area (Å²) < 4.78 is 22.3. The highest BCUT2D eigenvalue weighted by Gasteiger charge is 2.15. The maximum Gasteiger partial charge on any atom is 0.147 e. The molecule has 0 aliphatic heterocycles. The summed E-state index contributed by atoms with van der Waals surface area (Å²) in [7, 11) is -2.96. The smallest absolute Gasteiger partial charge is 0.147 e. The number of hydrazine groups is 1. The summed E-state index contributed by atoms with van der Waals surface area (Å²) in [6.45, 7) is 4.01. The van der Waals surface area contributed by atoms with E-state index in [9.17, 15) is 8.42 Å². The Morgan fingerprint density at radius 3 is 2.53 bits per heavy atom. The van der Waals surface area contributed by atoms with Crippen molar-refractivity contribution in [1.29, 1.82) is 0 Å². The highest BCUT2D eigenvalue weighted by Crippen LogP contribution is 2.21. The molecular weight excluding hydrogens is 236 g/mol. The Balaban J connectivity index is 2.90. The molecule has 0 amide bonds. The van der Waals surface area contributed by atoms with E-state index in [1.54, 1.807) is 0 Å². The lowest BCUT2D eigenvalue weighted by Crippen LogP contribution is -2.30. The van der Waals surface area contributed by atoms with Gasteiger partial charge in [0.1, 0.15) is 9.84 Å². The molecular formula is C12H20N2O2S. The highest BCUT2D eigenvalue weighted by molar-refractivity contribution is 7.90. The predicted molar refractivity (Wildman–Crippen MR) is 70.3 cm³/mol. The van der Waals surface area contributed by atoms with E-state index in [1.807, 2.05) is 32.0 Å². The summed E-state index contributed by atoms with van der Waals surface area (Å²) in [5.41, 5.74) is 6.02. The fourth-order valence-corrected chi connectivity index (χ4v) is 2.46. The van der Waals surface area contributed by atoms with Crippen molar-refractivity contribution in [1.82, 2.24) is 5.43 Å². The first-order valence-corrected chi connectivity index (χ1v) is 7.60. The zero-order chi connectivity index (χ0) is 13.1. The van der Waals surface area contributed by atoms with Crippen LogP contribution < -0.4 is 11.3 Å². The topological polar surface area (TPSA) is 72.2 Å². The van der Waals surface area contributed by atoms with E-state index in [0.717, 1.165) is 16.7 Å². The van der Waals surface area contributed by atoms with E-state index in [4.69, 9.17) is 5.84 Å². The molecule has 1 aromatic carbocycles. The summed E-state index contributed by atoms with van der Waals surface area (Å²) >= 11 is 0. The van der Waals surface area contributed by atoms with E-state index in [2.05, 4.69) is 5.43 Å². The van der Waals surface area contributed by atoms with Gasteiger partial charge in [0.05, 0.1) is 5.75 Å². The van der Waals surface area contributed by atoms with Gasteiger partial charge in [-0.3, -0.25) is 11.3 Å². The van der Waals surface area contributed by atoms with Crippen LogP contribution >= 0.6 is 0 Å². The van der Waals surface area contributed by atoms with Crippen LogP contribution in [-0.2, 0) is 9.84 Å². The molecule has 0 aliphatic carbocycles. The van der Waals surface area contributed by atoms with Gasteiger partial charge in [-0.05, 0) is 31.4 Å². The van der Waals surface area contributed by atoms with Gasteiger partial charge in [0, 0.05) is 12.3 Å². The van der Waals surface area contributed by atoms with Crippen molar-refractivity contribution in [2.24, 2.45) is 5.84 Å². The summed E-state index contributed by atoms with van der Waals surface area (Å²) in [5, 5.41) is 0. The van der Waals surface area contributed by atoms with E-state index >= 15 is 0 Å². The molecule has 96 valence electrons. The summed E-state index contributed by atoms with van der Waals surface area (Å²) in [6, 6.07) is 5.98. The van der Waals surface area contributed by atoms with Crippen LogP contribution in [0.4, 0.5) is 0 Å². The zero-order valence-corrected chi connectivity index (χ0v) is 11.3. The largest absolute Gasteiger partial charge is 0.271 e. The van der Waals surface area contributed by atoms with E-state index in [1.165, 1.54) is 6.26 Å². The standard InChI is InChI=1S/C12H20N2O2S/c1-9-4-5-10(2)11(8-9)12(14-13)6-7-17(3,15)16/h4-5,8,12,14H,6-7,13H2,1-3H3. The molecule has 4 nitrogen and oxygen atoms in total. The Morgan fingerprint density at radius 1 is 1.35 bits per heavy atom. The van der Waals surface area contributed by atoms with Gasteiger partial charge in [-0.25, -0.2) is 8.42 Å². The minimum atomic E-state index is -2.96. The number of sulfone groups is 1. The predicted octanol–water partition coefficient (Wildman–Crippen LogP) is 1.24. The van der Waals surface area contributed by atoms with Gasteiger partial charge < -0.3 is 0 Å². The second-order valence-corrected chi connectivity index (χ2v) is 6.76. The van der Waals surface area contributed by atoms with Crippen molar-refractivity contribution < 1.29 is 8.42 Å². The van der Waals surface area contributed by atoms with Gasteiger partial charge in [-0.1, -0.05) is 23.8 Å². The minimum absolute atomic E-state index is 0.121. The Kier molecular flexibility index (Phi) is 4.68. The Labute approximate surface area is 103 Å². The van der Waals surface area contributed by atoms with Gasteiger partial charge in [0.2, 0.25) is 0 Å². The van der Waals surface area contributed by atoms with Gasteiger partial charge >= 0.3 is 0 Å². The molecule has 0 radical (unpaired) electrons. The lowest BCUT2D eigenvalue weighted by Gasteiger charge is -2.18. The monoisotopic (exact) mass is 256 g/mol. The van der Waals surface area contributed by atoms with Gasteiger partial charge in [-0.15, -0.1) is 0 Å². The van der Waals surface area contributed by atoms with E-state index in [0.29, 0.717) is 6.42 Å². The molecule has 1 rings (SSSR count). The lowest BCUT2D eigenvalue weighted by molar-refractivity contribution is 0.529. The molecule has 17 heavy (non-hydrogen) atoms. The third-order valence-corrected chi connectivity index (χ3v) is 3.77. The number of nitrogens with one attached hydrogen (secondary N) is 1. The highest BCUT2D eigenvalue weighted by atomic mass is 32.2. The molecule has 0 saturated heterocycles. The van der Waals surface area contributed by atoms with E-state index in [-0.39, 0.29) is 11.8 Å². The first-order valence-electron chi connectivity index (χ1n) is 5.54. The maximum absolute atomic E-state index is 11.2. The van der Waals surface area contributed by atoms with Crippen molar-refractivity contribution in [3.63, 3.8) is 0 Å². The summed E-state index contributed by atoms with van der Waals surface area (Å²) in [6.07, 6.45) is 1.73. The molecule has 0 fully saturated rings. The van der Waals surface area contributed by atoms with Crippen LogP contribution in [0.3, 0.4) is 0 Å². The van der Waals surface area contributed by atoms with Crippen LogP contribution in [0.15, 0.2) is 18.2 Å². The molecule has 0 bridgehead atoms. The molecule has 1 atom stereocenters. The molecule has 0 heterocycles. The van der Waals surface area contributed by atoms with Crippen LogP contribution in [-0.4, -0.2) is 20.4 Å². The first-order chi connectivity index (χ1) is 7.83. The Morgan fingerprint density at radius 2 is 2.00 bits per heavy atom. The summed E-state index contributed by atoms with van der Waals surface area (Å²) in [5.74, 6) is 5.64. The molecule has 0 aromatic heterocycles. The molecule has 0 saturated carbocycles. The Bertz CT molecular complexity index is 483. The number of aryl methyl sites for hydroxylation is 2. The maximum atomic E-state index is 11.2. The fourth-order valence-electron chi connectivity index (χ4n) is 1.80. The van der Waals surface area contributed by atoms with Gasteiger partial charge in [-0.2, -0.15) is 0 Å². The van der Waals surface area contributed by atoms with Crippen LogP contribution in [0.2, 0.25) is 0 Å². The SMILES string of the molecule is Cc1ccc(C)c(C(CCS(C)(=O)=O)NN)c1. The number of nitrogens with two attached hydrogens (primary N) is 1. The average Bonchev–Trinajstić information content (AvgIpc) is 2.22. The average molecular weight is 256 g/mol. The number of rotatable bonds is 5. The second-order valence-electron chi connectivity index (χ2n) is 4.50. The lowest BCUT2D eigenvalue weighted by atomic mass is 9.98. The molecule has 0 aliphatic rings. The third kappa shape index (κ3) is 4.46. The third-order valence-electron chi connectivity index (χ3n) is 2.79. The van der Waals surface area contributed by atoms with Crippen molar-refractivity contribution >= 4 is 9.84 Å². The minimum Gasteiger partial charge on any atom is -0.271 e. The number of hydrogen-bond donors (Lipinski definition) is 2. The normalized spacial score (nSPS) is 13.6. The van der Waals surface area contributed by atoms with Crippen LogP contribution in [0.25, 0.3) is 0 Å². The first kappa shape index (κ1) is 14.2. The molecule has 3 N–H and O–H groups in total. The molecule has 5 heteroatoms. The fraction of sp³-hybridized carbons (Fsp3) is 0.500. The van der Waals surface area contributed by atoms with Gasteiger partial charge in [0.15, 0.2) is 0 Å². The van der Waals surface area contributed by atoms with Crippen LogP contribution in [0, 0.1) is 13.8 Å². The van der Waals surface area contributed by atoms with E-state index < -0.39 is 9.84 Å². The number of hydrogen-bond acceptors (Lipinski definition) is 4. The van der Waals surface area contributed by atoms with Crippen molar-refractivity contribution in [3.8, 4) is 0 Å². The van der Waals surface area contributed by atoms with Gasteiger partial charge in [0.25, 0.3) is 0 Å².